The normalized spacial score (nSPS) is 14.2. The van der Waals surface area contributed by atoms with Crippen molar-refractivity contribution in [2.24, 2.45) is 5.92 Å². The van der Waals surface area contributed by atoms with Crippen molar-refractivity contribution in [3.05, 3.63) is 29.8 Å². The Bertz CT molecular complexity index is 399. The summed E-state index contributed by atoms with van der Waals surface area (Å²) in [5, 5.41) is 11.1. The second-order valence-corrected chi connectivity index (χ2v) is 8.72. The van der Waals surface area contributed by atoms with Gasteiger partial charge in [0, 0.05) is 10.1 Å². The number of rotatable bonds is 12. The van der Waals surface area contributed by atoms with E-state index < -0.39 is 0 Å². The van der Waals surface area contributed by atoms with Crippen LogP contribution in [-0.4, -0.2) is 10.4 Å². The minimum Gasteiger partial charge on any atom is -0.388 e. The summed E-state index contributed by atoms with van der Waals surface area (Å²) in [5.41, 5.74) is 1.06. The lowest BCUT2D eigenvalue weighted by molar-refractivity contribution is 0.111. The zero-order valence-electron chi connectivity index (χ0n) is 15.6. The number of thioether (sulfide) groups is 1. The zero-order chi connectivity index (χ0) is 17.1. The van der Waals surface area contributed by atoms with Gasteiger partial charge in [0.05, 0.1) is 6.10 Å². The number of benzene rings is 1. The molecule has 23 heavy (non-hydrogen) atoms. The lowest BCUT2D eigenvalue weighted by atomic mass is 9.92. The number of hydrogen-bond donors (Lipinski definition) is 1. The summed E-state index contributed by atoms with van der Waals surface area (Å²) in [5.74, 6) is 0.342. The molecule has 0 aliphatic rings. The zero-order valence-corrected chi connectivity index (χ0v) is 16.4. The van der Waals surface area contributed by atoms with Gasteiger partial charge in [-0.2, -0.15) is 0 Å². The maximum absolute atomic E-state index is 10.5. The summed E-state index contributed by atoms with van der Waals surface area (Å²) in [6.45, 7) is 8.85. The van der Waals surface area contributed by atoms with Crippen LogP contribution in [0.1, 0.15) is 90.7 Å². The molecule has 0 saturated heterocycles. The van der Waals surface area contributed by atoms with E-state index in [0.717, 1.165) is 12.0 Å². The molecule has 1 aromatic carbocycles. The molecule has 0 aliphatic carbocycles. The molecular formula is C21H36OS. The smallest absolute Gasteiger partial charge is 0.0815 e. The van der Waals surface area contributed by atoms with Crippen molar-refractivity contribution in [1.29, 1.82) is 0 Å². The number of hydrogen-bond acceptors (Lipinski definition) is 2. The highest BCUT2D eigenvalue weighted by Crippen LogP contribution is 2.29. The Kier molecular flexibility index (Phi) is 10.7. The van der Waals surface area contributed by atoms with Gasteiger partial charge < -0.3 is 5.11 Å². The van der Waals surface area contributed by atoms with Crippen LogP contribution in [0.2, 0.25) is 0 Å². The van der Waals surface area contributed by atoms with Crippen LogP contribution >= 0.6 is 11.8 Å². The van der Waals surface area contributed by atoms with Gasteiger partial charge in [-0.15, -0.1) is 11.8 Å². The van der Waals surface area contributed by atoms with Crippen molar-refractivity contribution < 1.29 is 5.11 Å². The lowest BCUT2D eigenvalue weighted by Gasteiger charge is -2.19. The highest BCUT2D eigenvalue weighted by Gasteiger charge is 2.16. The average molecular weight is 337 g/mol. The summed E-state index contributed by atoms with van der Waals surface area (Å²) in [6, 6.07) is 8.47. The Labute approximate surface area is 148 Å². The molecule has 1 nitrogen and oxygen atoms in total. The second kappa shape index (κ2) is 12.0. The van der Waals surface area contributed by atoms with Gasteiger partial charge in [-0.1, -0.05) is 84.8 Å². The van der Waals surface area contributed by atoms with Crippen LogP contribution in [0.4, 0.5) is 0 Å². The molecule has 0 amide bonds. The monoisotopic (exact) mass is 336 g/mol. The van der Waals surface area contributed by atoms with E-state index in [0.29, 0.717) is 11.2 Å². The van der Waals surface area contributed by atoms with E-state index in [-0.39, 0.29) is 6.10 Å². The number of aliphatic hydroxyl groups excluding tert-OH is 1. The highest BCUT2D eigenvalue weighted by atomic mass is 32.2. The fourth-order valence-corrected chi connectivity index (χ4v) is 3.76. The molecule has 2 heteroatoms. The van der Waals surface area contributed by atoms with Crippen molar-refractivity contribution in [1.82, 2.24) is 0 Å². The van der Waals surface area contributed by atoms with Crippen LogP contribution < -0.4 is 0 Å². The minimum absolute atomic E-state index is 0.326. The van der Waals surface area contributed by atoms with Gasteiger partial charge in [0.25, 0.3) is 0 Å². The molecule has 2 atom stereocenters. The first-order valence-electron chi connectivity index (χ1n) is 9.49. The van der Waals surface area contributed by atoms with E-state index >= 15 is 0 Å². The van der Waals surface area contributed by atoms with Crippen molar-refractivity contribution >= 4 is 11.8 Å². The van der Waals surface area contributed by atoms with E-state index in [2.05, 4.69) is 52.0 Å². The molecule has 0 radical (unpaired) electrons. The number of unbranched alkanes of at least 4 members (excludes halogenated alkanes) is 6. The van der Waals surface area contributed by atoms with Crippen LogP contribution in [0, 0.1) is 5.92 Å². The first-order chi connectivity index (χ1) is 11.0. The predicted octanol–water partition coefficient (Wildman–Crippen LogP) is 7.00. The third-order valence-corrected chi connectivity index (χ3v) is 5.41. The Morgan fingerprint density at radius 3 is 2.00 bits per heavy atom. The number of aliphatic hydroxyl groups is 1. The molecule has 2 unspecified atom stereocenters. The van der Waals surface area contributed by atoms with Gasteiger partial charge in [-0.05, 0) is 30.0 Å². The van der Waals surface area contributed by atoms with Gasteiger partial charge in [-0.25, -0.2) is 0 Å². The van der Waals surface area contributed by atoms with Crippen molar-refractivity contribution in [2.75, 3.05) is 0 Å². The van der Waals surface area contributed by atoms with Crippen molar-refractivity contribution in [3.63, 3.8) is 0 Å². The van der Waals surface area contributed by atoms with Gasteiger partial charge in [0.15, 0.2) is 0 Å². The quantitative estimate of drug-likeness (QED) is 0.327. The SMILES string of the molecule is CCCCCCCCCC(C)C(O)c1ccc(SC(C)C)cc1. The van der Waals surface area contributed by atoms with Crippen LogP contribution in [0.15, 0.2) is 29.2 Å². The summed E-state index contributed by atoms with van der Waals surface area (Å²) in [4.78, 5) is 1.29. The first-order valence-corrected chi connectivity index (χ1v) is 10.4. The first kappa shape index (κ1) is 20.6. The Balaban J connectivity index is 2.28. The van der Waals surface area contributed by atoms with E-state index in [1.165, 1.54) is 49.8 Å². The Morgan fingerprint density at radius 2 is 1.43 bits per heavy atom. The molecule has 0 saturated carbocycles. The molecule has 0 fully saturated rings. The molecule has 0 aromatic heterocycles. The van der Waals surface area contributed by atoms with Crippen LogP contribution in [-0.2, 0) is 0 Å². The summed E-state index contributed by atoms with van der Waals surface area (Å²) in [6.07, 6.45) is 10.2. The van der Waals surface area contributed by atoms with Crippen molar-refractivity contribution in [2.45, 2.75) is 95.3 Å². The van der Waals surface area contributed by atoms with E-state index in [1.807, 2.05) is 11.8 Å². The van der Waals surface area contributed by atoms with Gasteiger partial charge >= 0.3 is 0 Å². The molecule has 1 N–H and O–H groups in total. The second-order valence-electron chi connectivity index (χ2n) is 7.07. The predicted molar refractivity (Wildman–Crippen MR) is 104 cm³/mol. The van der Waals surface area contributed by atoms with E-state index in [9.17, 15) is 5.11 Å². The van der Waals surface area contributed by atoms with Gasteiger partial charge in [0.1, 0.15) is 0 Å². The van der Waals surface area contributed by atoms with Crippen molar-refractivity contribution in [3.8, 4) is 0 Å². The Morgan fingerprint density at radius 1 is 0.870 bits per heavy atom. The molecule has 0 aliphatic heterocycles. The van der Waals surface area contributed by atoms with E-state index in [4.69, 9.17) is 0 Å². The minimum atomic E-state index is -0.326. The van der Waals surface area contributed by atoms with Gasteiger partial charge in [0.2, 0.25) is 0 Å². The topological polar surface area (TPSA) is 20.2 Å². The molecule has 0 bridgehead atoms. The molecule has 0 spiro atoms. The average Bonchev–Trinajstić information content (AvgIpc) is 2.53. The Hall–Kier alpha value is -0.470. The van der Waals surface area contributed by atoms with Crippen LogP contribution in [0.25, 0.3) is 0 Å². The maximum atomic E-state index is 10.5. The molecule has 1 rings (SSSR count). The maximum Gasteiger partial charge on any atom is 0.0815 e. The largest absolute Gasteiger partial charge is 0.388 e. The summed E-state index contributed by atoms with van der Waals surface area (Å²) < 4.78 is 0. The molecular weight excluding hydrogens is 300 g/mol. The highest BCUT2D eigenvalue weighted by molar-refractivity contribution is 7.99. The molecule has 132 valence electrons. The fraction of sp³-hybridized carbons (Fsp3) is 0.714. The molecule has 1 aromatic rings. The standard InChI is InChI=1S/C21H36OS/c1-5-6-7-8-9-10-11-12-18(4)21(22)19-13-15-20(16-14-19)23-17(2)3/h13-18,21-22H,5-12H2,1-4H3. The summed E-state index contributed by atoms with van der Waals surface area (Å²) in [7, 11) is 0. The molecule has 0 heterocycles. The lowest BCUT2D eigenvalue weighted by Crippen LogP contribution is -2.09. The third kappa shape index (κ3) is 8.81. The third-order valence-electron chi connectivity index (χ3n) is 4.40. The summed E-state index contributed by atoms with van der Waals surface area (Å²) >= 11 is 1.87. The van der Waals surface area contributed by atoms with Crippen LogP contribution in [0.5, 0.6) is 0 Å². The van der Waals surface area contributed by atoms with Gasteiger partial charge in [-0.3, -0.25) is 0 Å². The van der Waals surface area contributed by atoms with Crippen LogP contribution in [0.3, 0.4) is 0 Å². The fourth-order valence-electron chi connectivity index (χ4n) is 2.93. The van der Waals surface area contributed by atoms with E-state index in [1.54, 1.807) is 0 Å².